The molecule has 1 heterocycles. The van der Waals surface area contributed by atoms with Gasteiger partial charge in [0.25, 0.3) is 5.91 Å². The molecule has 1 aliphatic heterocycles. The summed E-state index contributed by atoms with van der Waals surface area (Å²) in [6.07, 6.45) is 1.34. The number of nitrogens with zero attached hydrogens (tertiary/aromatic N) is 1. The largest absolute Gasteiger partial charge is 0.322 e. The molecule has 0 aromatic heterocycles. The molecule has 3 aromatic carbocycles. The molecular formula is C24H19FN2O3. The number of carbonyl (C=O) groups is 3. The number of rotatable bonds is 5. The van der Waals surface area contributed by atoms with Gasteiger partial charge in [0, 0.05) is 35.5 Å². The van der Waals surface area contributed by atoms with Gasteiger partial charge < -0.3 is 10.2 Å². The van der Waals surface area contributed by atoms with Gasteiger partial charge >= 0.3 is 0 Å². The van der Waals surface area contributed by atoms with Crippen LogP contribution in [0.2, 0.25) is 0 Å². The fraction of sp³-hybridized carbons (Fsp3) is 0.125. The Morgan fingerprint density at radius 2 is 1.63 bits per heavy atom. The first-order valence-corrected chi connectivity index (χ1v) is 9.64. The Morgan fingerprint density at radius 1 is 0.900 bits per heavy atom. The maximum atomic E-state index is 13.2. The number of benzene rings is 3. The number of hydrogen-bond acceptors (Lipinski definition) is 3. The Labute approximate surface area is 173 Å². The van der Waals surface area contributed by atoms with E-state index in [9.17, 15) is 18.8 Å². The van der Waals surface area contributed by atoms with Crippen molar-refractivity contribution in [3.63, 3.8) is 0 Å². The lowest BCUT2D eigenvalue weighted by Gasteiger charge is -2.17. The molecule has 1 fully saturated rings. The highest BCUT2D eigenvalue weighted by Crippen LogP contribution is 2.25. The monoisotopic (exact) mass is 402 g/mol. The first kappa shape index (κ1) is 19.5. The van der Waals surface area contributed by atoms with E-state index in [1.165, 1.54) is 24.3 Å². The van der Waals surface area contributed by atoms with Crippen molar-refractivity contribution in [2.75, 3.05) is 16.8 Å². The Hall–Kier alpha value is -3.80. The summed E-state index contributed by atoms with van der Waals surface area (Å²) in [6, 6.07) is 18.8. The lowest BCUT2D eigenvalue weighted by molar-refractivity contribution is -0.117. The van der Waals surface area contributed by atoms with Gasteiger partial charge in [-0.2, -0.15) is 0 Å². The fourth-order valence-corrected chi connectivity index (χ4v) is 3.51. The molecule has 2 amide bonds. The van der Waals surface area contributed by atoms with Gasteiger partial charge in [0.1, 0.15) is 5.82 Å². The van der Waals surface area contributed by atoms with E-state index in [0.29, 0.717) is 24.2 Å². The molecule has 3 aromatic rings. The molecule has 30 heavy (non-hydrogen) atoms. The number of anilines is 2. The molecule has 0 unspecified atom stereocenters. The molecule has 0 bridgehead atoms. The summed E-state index contributed by atoms with van der Waals surface area (Å²) >= 11 is 0. The molecule has 150 valence electrons. The molecule has 0 atom stereocenters. The van der Waals surface area contributed by atoms with Crippen LogP contribution < -0.4 is 10.2 Å². The normalized spacial score (nSPS) is 13.4. The molecule has 1 N–H and O–H groups in total. The zero-order valence-electron chi connectivity index (χ0n) is 16.1. The van der Waals surface area contributed by atoms with E-state index in [1.807, 2.05) is 6.07 Å². The molecule has 0 saturated carbocycles. The third-order valence-corrected chi connectivity index (χ3v) is 5.01. The molecule has 6 heteroatoms. The van der Waals surface area contributed by atoms with Crippen LogP contribution >= 0.6 is 0 Å². The van der Waals surface area contributed by atoms with Crippen LogP contribution in [-0.4, -0.2) is 24.1 Å². The lowest BCUT2D eigenvalue weighted by Crippen LogP contribution is -2.24. The van der Waals surface area contributed by atoms with Gasteiger partial charge in [-0.25, -0.2) is 4.39 Å². The Bertz CT molecular complexity index is 1130. The number of ketones is 1. The minimum absolute atomic E-state index is 0.0636. The highest BCUT2D eigenvalue weighted by Gasteiger charge is 2.22. The maximum absolute atomic E-state index is 13.2. The van der Waals surface area contributed by atoms with Gasteiger partial charge in [-0.3, -0.25) is 14.4 Å². The van der Waals surface area contributed by atoms with E-state index in [1.54, 1.807) is 47.4 Å². The number of nitrogens with one attached hydrogen (secondary N) is 1. The SMILES string of the molecule is O=C(Nc1cccc(N2CCCC2=O)c1)c1ccccc1C(=O)c1ccc(F)cc1. The summed E-state index contributed by atoms with van der Waals surface area (Å²) in [5.74, 6) is -1.18. The van der Waals surface area contributed by atoms with E-state index in [2.05, 4.69) is 5.32 Å². The molecule has 1 aliphatic rings. The average molecular weight is 402 g/mol. The Kier molecular flexibility index (Phi) is 5.39. The minimum Gasteiger partial charge on any atom is -0.322 e. The summed E-state index contributed by atoms with van der Waals surface area (Å²) < 4.78 is 13.2. The third kappa shape index (κ3) is 3.98. The second-order valence-corrected chi connectivity index (χ2v) is 7.03. The van der Waals surface area contributed by atoms with Gasteiger partial charge in [0.15, 0.2) is 5.78 Å². The number of hydrogen-bond donors (Lipinski definition) is 1. The molecule has 0 radical (unpaired) electrons. The molecule has 5 nitrogen and oxygen atoms in total. The molecule has 0 spiro atoms. The van der Waals surface area contributed by atoms with Gasteiger partial charge in [0.05, 0.1) is 5.56 Å². The van der Waals surface area contributed by atoms with Gasteiger partial charge in [-0.15, -0.1) is 0 Å². The summed E-state index contributed by atoms with van der Waals surface area (Å²) in [5, 5.41) is 2.80. The number of amides is 2. The number of carbonyl (C=O) groups excluding carboxylic acids is 3. The molecule has 0 aliphatic carbocycles. The van der Waals surface area contributed by atoms with Crippen LogP contribution in [0, 0.1) is 5.82 Å². The quantitative estimate of drug-likeness (QED) is 0.642. The van der Waals surface area contributed by atoms with Crippen LogP contribution in [0.1, 0.15) is 39.1 Å². The van der Waals surface area contributed by atoms with Gasteiger partial charge in [0.2, 0.25) is 5.91 Å². The summed E-state index contributed by atoms with van der Waals surface area (Å²) in [6.45, 7) is 0.658. The Balaban J connectivity index is 1.58. The third-order valence-electron chi connectivity index (χ3n) is 5.01. The number of halogens is 1. The van der Waals surface area contributed by atoms with E-state index >= 15 is 0 Å². The van der Waals surface area contributed by atoms with Crippen molar-refractivity contribution in [1.29, 1.82) is 0 Å². The average Bonchev–Trinajstić information content (AvgIpc) is 3.20. The van der Waals surface area contributed by atoms with Crippen LogP contribution in [-0.2, 0) is 4.79 Å². The topological polar surface area (TPSA) is 66.5 Å². The van der Waals surface area contributed by atoms with Gasteiger partial charge in [-0.1, -0.05) is 24.3 Å². The molecular weight excluding hydrogens is 383 g/mol. The minimum atomic E-state index is -0.439. The predicted octanol–water partition coefficient (Wildman–Crippen LogP) is 4.44. The van der Waals surface area contributed by atoms with Crippen LogP contribution in [0.4, 0.5) is 15.8 Å². The standard InChI is InChI=1S/C24H19FN2O3/c25-17-12-10-16(11-13-17)23(29)20-7-1-2-8-21(20)24(30)26-18-5-3-6-19(15-18)27-14-4-9-22(27)28/h1-3,5-8,10-13,15H,4,9,14H2,(H,26,30). The summed E-state index contributed by atoms with van der Waals surface area (Å²) in [7, 11) is 0. The maximum Gasteiger partial charge on any atom is 0.256 e. The second kappa shape index (κ2) is 8.29. The second-order valence-electron chi connectivity index (χ2n) is 7.03. The van der Waals surface area contributed by atoms with Crippen molar-refractivity contribution in [1.82, 2.24) is 0 Å². The molecule has 4 rings (SSSR count). The molecule has 1 saturated heterocycles. The first-order chi connectivity index (χ1) is 14.5. The van der Waals surface area contributed by atoms with Crippen LogP contribution in [0.15, 0.2) is 72.8 Å². The lowest BCUT2D eigenvalue weighted by atomic mass is 9.98. The van der Waals surface area contributed by atoms with Crippen molar-refractivity contribution in [3.8, 4) is 0 Å². The fourth-order valence-electron chi connectivity index (χ4n) is 3.51. The van der Waals surface area contributed by atoms with Crippen LogP contribution in [0.25, 0.3) is 0 Å². The van der Waals surface area contributed by atoms with E-state index in [-0.39, 0.29) is 22.8 Å². The van der Waals surface area contributed by atoms with Crippen LogP contribution in [0.3, 0.4) is 0 Å². The van der Waals surface area contributed by atoms with Gasteiger partial charge in [-0.05, 0) is 55.0 Å². The van der Waals surface area contributed by atoms with E-state index in [0.717, 1.165) is 12.1 Å². The van der Waals surface area contributed by atoms with Crippen molar-refractivity contribution < 1.29 is 18.8 Å². The van der Waals surface area contributed by atoms with Crippen molar-refractivity contribution in [2.45, 2.75) is 12.8 Å². The summed E-state index contributed by atoms with van der Waals surface area (Å²) in [4.78, 5) is 39.4. The predicted molar refractivity (Wildman–Crippen MR) is 112 cm³/mol. The van der Waals surface area contributed by atoms with E-state index < -0.39 is 11.7 Å². The van der Waals surface area contributed by atoms with Crippen LogP contribution in [0.5, 0.6) is 0 Å². The highest BCUT2D eigenvalue weighted by molar-refractivity contribution is 6.17. The first-order valence-electron chi connectivity index (χ1n) is 9.64. The van der Waals surface area contributed by atoms with Crippen molar-refractivity contribution in [2.24, 2.45) is 0 Å². The van der Waals surface area contributed by atoms with E-state index in [4.69, 9.17) is 0 Å². The zero-order valence-corrected chi connectivity index (χ0v) is 16.1. The highest BCUT2D eigenvalue weighted by atomic mass is 19.1. The zero-order chi connectivity index (χ0) is 21.1. The van der Waals surface area contributed by atoms with Crippen molar-refractivity contribution in [3.05, 3.63) is 95.3 Å². The summed E-state index contributed by atoms with van der Waals surface area (Å²) in [5.41, 5.74) is 2.00. The van der Waals surface area contributed by atoms with Crippen molar-refractivity contribution >= 4 is 29.0 Å². The smallest absolute Gasteiger partial charge is 0.256 e. The Morgan fingerprint density at radius 3 is 2.33 bits per heavy atom.